The maximum atomic E-state index is 11.9. The van der Waals surface area contributed by atoms with Gasteiger partial charge in [0.05, 0.1) is 6.04 Å². The fourth-order valence-electron chi connectivity index (χ4n) is 2.77. The number of nitrogens with one attached hydrogen (secondary N) is 2. The highest BCUT2D eigenvalue weighted by Crippen LogP contribution is 2.22. The van der Waals surface area contributed by atoms with E-state index in [1.54, 1.807) is 0 Å². The van der Waals surface area contributed by atoms with Crippen molar-refractivity contribution in [1.29, 1.82) is 0 Å². The molecular weight excluding hydrogens is 300 g/mol. The van der Waals surface area contributed by atoms with E-state index in [0.717, 1.165) is 29.8 Å². The Morgan fingerprint density at radius 3 is 2.68 bits per heavy atom. The third kappa shape index (κ3) is 5.50. The van der Waals surface area contributed by atoms with E-state index in [9.17, 15) is 4.79 Å². The Labute approximate surface area is 139 Å². The first-order valence-corrected chi connectivity index (χ1v) is 7.78. The second kappa shape index (κ2) is 9.01. The van der Waals surface area contributed by atoms with Crippen molar-refractivity contribution in [2.45, 2.75) is 52.1 Å². The molecule has 0 bridgehead atoms. The number of benzene rings is 1. The van der Waals surface area contributed by atoms with Gasteiger partial charge in [0, 0.05) is 12.5 Å². The topological polar surface area (TPSA) is 50.4 Å². The molecule has 1 aliphatic heterocycles. The monoisotopic (exact) mass is 326 g/mol. The first-order chi connectivity index (χ1) is 10.1. The Bertz CT molecular complexity index is 467. The molecule has 1 amide bonds. The third-order valence-corrected chi connectivity index (χ3v) is 3.89. The van der Waals surface area contributed by atoms with E-state index < -0.39 is 0 Å². The molecule has 2 atom stereocenters. The molecule has 5 heteroatoms. The van der Waals surface area contributed by atoms with Crippen LogP contribution in [0.25, 0.3) is 0 Å². The van der Waals surface area contributed by atoms with E-state index >= 15 is 0 Å². The lowest BCUT2D eigenvalue weighted by molar-refractivity contribution is -0.122. The van der Waals surface area contributed by atoms with Crippen molar-refractivity contribution >= 4 is 18.3 Å². The first kappa shape index (κ1) is 18.8. The average Bonchev–Trinajstić information content (AvgIpc) is 2.90. The molecule has 0 aliphatic carbocycles. The highest BCUT2D eigenvalue weighted by atomic mass is 35.5. The molecule has 1 aromatic carbocycles. The lowest BCUT2D eigenvalue weighted by Crippen LogP contribution is -2.39. The molecule has 2 N–H and O–H groups in total. The number of aryl methyl sites for hydroxylation is 2. The number of para-hydroxylation sites is 1. The molecule has 22 heavy (non-hydrogen) atoms. The molecule has 2 unspecified atom stereocenters. The summed E-state index contributed by atoms with van der Waals surface area (Å²) in [6.45, 7) is 7.58. The molecule has 0 saturated carbocycles. The Morgan fingerprint density at radius 1 is 1.41 bits per heavy atom. The second-order valence-electron chi connectivity index (χ2n) is 6.00. The van der Waals surface area contributed by atoms with Crippen molar-refractivity contribution < 1.29 is 9.53 Å². The van der Waals surface area contributed by atoms with Crippen LogP contribution in [0.2, 0.25) is 0 Å². The fraction of sp³-hybridized carbons (Fsp3) is 0.588. The van der Waals surface area contributed by atoms with Crippen LogP contribution in [0, 0.1) is 13.8 Å². The zero-order valence-electron chi connectivity index (χ0n) is 13.6. The van der Waals surface area contributed by atoms with Crippen LogP contribution >= 0.6 is 12.4 Å². The fourth-order valence-corrected chi connectivity index (χ4v) is 2.77. The van der Waals surface area contributed by atoms with Gasteiger partial charge in [-0.05, 0) is 51.3 Å². The molecule has 2 rings (SSSR count). The molecule has 4 nitrogen and oxygen atoms in total. The summed E-state index contributed by atoms with van der Waals surface area (Å²) in [4.78, 5) is 11.9. The van der Waals surface area contributed by atoms with Crippen LogP contribution in [0.1, 0.15) is 37.3 Å². The number of hydrogen-bond donors (Lipinski definition) is 2. The second-order valence-corrected chi connectivity index (χ2v) is 6.00. The van der Waals surface area contributed by atoms with Crippen LogP contribution < -0.4 is 15.4 Å². The summed E-state index contributed by atoms with van der Waals surface area (Å²) < 4.78 is 5.87. The molecular formula is C17H27ClN2O2. The number of amides is 1. The molecule has 1 saturated heterocycles. The summed E-state index contributed by atoms with van der Waals surface area (Å²) in [6.07, 6.45) is 2.83. The molecule has 124 valence electrons. The zero-order chi connectivity index (χ0) is 15.2. The van der Waals surface area contributed by atoms with Crippen molar-refractivity contribution in [3.63, 3.8) is 0 Å². The molecule has 1 fully saturated rings. The predicted octanol–water partition coefficient (Wildman–Crippen LogP) is 2.75. The van der Waals surface area contributed by atoms with Crippen molar-refractivity contribution in [3.05, 3.63) is 29.3 Å². The molecule has 0 aromatic heterocycles. The van der Waals surface area contributed by atoms with E-state index in [1.807, 2.05) is 39.0 Å². The highest BCUT2D eigenvalue weighted by Gasteiger charge is 2.18. The maximum absolute atomic E-state index is 11.9. The van der Waals surface area contributed by atoms with Gasteiger partial charge in [0.1, 0.15) is 12.4 Å². The van der Waals surface area contributed by atoms with Crippen molar-refractivity contribution in [1.82, 2.24) is 10.6 Å². The van der Waals surface area contributed by atoms with Gasteiger partial charge in [-0.15, -0.1) is 12.4 Å². The lowest BCUT2D eigenvalue weighted by atomic mass is 10.1. The van der Waals surface area contributed by atoms with Crippen LogP contribution in [-0.2, 0) is 4.79 Å². The smallest absolute Gasteiger partial charge is 0.221 e. The number of carbonyl (C=O) groups excluding carboxylic acids is 1. The quantitative estimate of drug-likeness (QED) is 0.845. The summed E-state index contributed by atoms with van der Waals surface area (Å²) in [5, 5.41) is 6.35. The Hall–Kier alpha value is -1.26. The van der Waals surface area contributed by atoms with Gasteiger partial charge in [-0.1, -0.05) is 18.2 Å². The molecule has 0 radical (unpaired) electrons. The van der Waals surface area contributed by atoms with Gasteiger partial charge in [0.25, 0.3) is 0 Å². The van der Waals surface area contributed by atoms with E-state index in [0.29, 0.717) is 19.1 Å². The first-order valence-electron chi connectivity index (χ1n) is 7.78. The summed E-state index contributed by atoms with van der Waals surface area (Å²) in [5.74, 6) is 1.03. The largest absolute Gasteiger partial charge is 0.491 e. The Kier molecular flexibility index (Phi) is 7.69. The molecule has 1 heterocycles. The molecule has 1 aliphatic rings. The lowest BCUT2D eigenvalue weighted by Gasteiger charge is -2.18. The third-order valence-electron chi connectivity index (χ3n) is 3.89. The van der Waals surface area contributed by atoms with Gasteiger partial charge >= 0.3 is 0 Å². The van der Waals surface area contributed by atoms with Crippen LogP contribution in [0.15, 0.2) is 18.2 Å². The van der Waals surface area contributed by atoms with Gasteiger partial charge in [0.15, 0.2) is 0 Å². The van der Waals surface area contributed by atoms with Crippen LogP contribution in [-0.4, -0.2) is 31.1 Å². The summed E-state index contributed by atoms with van der Waals surface area (Å²) >= 11 is 0. The average molecular weight is 327 g/mol. The summed E-state index contributed by atoms with van der Waals surface area (Å²) in [6, 6.07) is 6.46. The van der Waals surface area contributed by atoms with Crippen LogP contribution in [0.3, 0.4) is 0 Å². The standard InChI is InChI=1S/C17H26N2O2.ClH/c1-12-6-4-7-13(2)17(12)21-11-14(3)19-16(20)10-15-8-5-9-18-15;/h4,6-7,14-15,18H,5,8-11H2,1-3H3,(H,19,20);1H. The number of carbonyl (C=O) groups is 1. The van der Waals surface area contributed by atoms with Gasteiger partial charge in [0.2, 0.25) is 5.91 Å². The van der Waals surface area contributed by atoms with Gasteiger partial charge in [-0.3, -0.25) is 4.79 Å². The number of ether oxygens (including phenoxy) is 1. The predicted molar refractivity (Wildman–Crippen MR) is 91.9 cm³/mol. The number of hydrogen-bond acceptors (Lipinski definition) is 3. The Balaban J connectivity index is 0.00000242. The summed E-state index contributed by atoms with van der Waals surface area (Å²) in [5.41, 5.74) is 2.26. The van der Waals surface area contributed by atoms with Gasteiger partial charge in [-0.25, -0.2) is 0 Å². The minimum Gasteiger partial charge on any atom is -0.491 e. The van der Waals surface area contributed by atoms with E-state index in [2.05, 4.69) is 10.6 Å². The normalized spacial score (nSPS) is 18.4. The van der Waals surface area contributed by atoms with Gasteiger partial charge in [-0.2, -0.15) is 0 Å². The van der Waals surface area contributed by atoms with E-state index in [1.165, 1.54) is 6.42 Å². The number of halogens is 1. The van der Waals surface area contributed by atoms with Crippen LogP contribution in [0.4, 0.5) is 0 Å². The van der Waals surface area contributed by atoms with Crippen molar-refractivity contribution in [2.24, 2.45) is 0 Å². The van der Waals surface area contributed by atoms with Crippen molar-refractivity contribution in [3.8, 4) is 5.75 Å². The highest BCUT2D eigenvalue weighted by molar-refractivity contribution is 5.85. The van der Waals surface area contributed by atoms with E-state index in [-0.39, 0.29) is 24.4 Å². The zero-order valence-corrected chi connectivity index (χ0v) is 14.5. The maximum Gasteiger partial charge on any atom is 0.221 e. The number of rotatable bonds is 6. The van der Waals surface area contributed by atoms with Crippen LogP contribution in [0.5, 0.6) is 5.75 Å². The van der Waals surface area contributed by atoms with Crippen molar-refractivity contribution in [2.75, 3.05) is 13.2 Å². The van der Waals surface area contributed by atoms with E-state index in [4.69, 9.17) is 4.74 Å². The molecule has 0 spiro atoms. The minimum atomic E-state index is 0. The van der Waals surface area contributed by atoms with Gasteiger partial charge < -0.3 is 15.4 Å². The Morgan fingerprint density at radius 2 is 2.09 bits per heavy atom. The molecule has 1 aromatic rings. The SMILES string of the molecule is Cc1cccc(C)c1OCC(C)NC(=O)CC1CCCN1.Cl. The minimum absolute atomic E-state index is 0. The summed E-state index contributed by atoms with van der Waals surface area (Å²) in [7, 11) is 0.